The molecule has 0 heterocycles. The van der Waals surface area contributed by atoms with Crippen molar-refractivity contribution in [3.8, 4) is 0 Å². The van der Waals surface area contributed by atoms with Crippen molar-refractivity contribution < 1.29 is 0 Å². The molecule has 0 spiro atoms. The van der Waals surface area contributed by atoms with E-state index in [9.17, 15) is 0 Å². The van der Waals surface area contributed by atoms with Crippen molar-refractivity contribution in [2.45, 2.75) is 24.9 Å². The molecule has 0 atom stereocenters. The molecule has 2 rings (SSSR count). The third kappa shape index (κ3) is 2.14. The summed E-state index contributed by atoms with van der Waals surface area (Å²) in [6.45, 7) is 0. The van der Waals surface area contributed by atoms with Gasteiger partial charge in [-0.05, 0) is 31.0 Å². The zero-order valence-electron chi connectivity index (χ0n) is 7.63. The molecule has 4 heteroatoms. The first-order chi connectivity index (χ1) is 6.65. The summed E-state index contributed by atoms with van der Waals surface area (Å²) in [6, 6.07) is 6.27. The van der Waals surface area contributed by atoms with E-state index < -0.39 is 0 Å². The Bertz CT molecular complexity index is 335. The number of halogens is 2. The quantitative estimate of drug-likeness (QED) is 0.821. The molecule has 76 valence electrons. The van der Waals surface area contributed by atoms with E-state index >= 15 is 0 Å². The SMILES string of the molecule is NC1CC(Nc2ccc(Cl)cc2Cl)C1. The highest BCUT2D eigenvalue weighted by molar-refractivity contribution is 6.36. The second kappa shape index (κ2) is 3.97. The number of rotatable bonds is 2. The average molecular weight is 231 g/mol. The van der Waals surface area contributed by atoms with Gasteiger partial charge in [-0.15, -0.1) is 0 Å². The zero-order valence-corrected chi connectivity index (χ0v) is 9.15. The van der Waals surface area contributed by atoms with E-state index in [0.29, 0.717) is 22.1 Å². The van der Waals surface area contributed by atoms with Crippen LogP contribution in [0.1, 0.15) is 12.8 Å². The fourth-order valence-corrected chi connectivity index (χ4v) is 2.07. The van der Waals surface area contributed by atoms with Gasteiger partial charge in [-0.1, -0.05) is 23.2 Å². The van der Waals surface area contributed by atoms with Gasteiger partial charge in [0.25, 0.3) is 0 Å². The summed E-state index contributed by atoms with van der Waals surface area (Å²) in [5, 5.41) is 4.66. The van der Waals surface area contributed by atoms with Gasteiger partial charge in [0, 0.05) is 17.1 Å². The summed E-state index contributed by atoms with van der Waals surface area (Å²) in [4.78, 5) is 0. The number of nitrogens with one attached hydrogen (secondary N) is 1. The van der Waals surface area contributed by atoms with Gasteiger partial charge in [-0.3, -0.25) is 0 Å². The maximum Gasteiger partial charge on any atom is 0.0652 e. The third-order valence-corrected chi connectivity index (χ3v) is 3.01. The van der Waals surface area contributed by atoms with Gasteiger partial charge < -0.3 is 11.1 Å². The normalized spacial score (nSPS) is 25.6. The summed E-state index contributed by atoms with van der Waals surface area (Å²) in [7, 11) is 0. The Balaban J connectivity index is 2.02. The van der Waals surface area contributed by atoms with Crippen LogP contribution < -0.4 is 11.1 Å². The van der Waals surface area contributed by atoms with Gasteiger partial charge in [-0.2, -0.15) is 0 Å². The molecule has 0 saturated heterocycles. The zero-order chi connectivity index (χ0) is 10.1. The van der Waals surface area contributed by atoms with Crippen molar-refractivity contribution in [2.75, 3.05) is 5.32 Å². The molecule has 0 radical (unpaired) electrons. The minimum absolute atomic E-state index is 0.346. The molecule has 1 aromatic rings. The molecule has 1 aromatic carbocycles. The first-order valence-corrected chi connectivity index (χ1v) is 5.38. The van der Waals surface area contributed by atoms with Gasteiger partial charge in [0.15, 0.2) is 0 Å². The number of nitrogens with two attached hydrogens (primary N) is 1. The van der Waals surface area contributed by atoms with Crippen molar-refractivity contribution >= 4 is 28.9 Å². The van der Waals surface area contributed by atoms with Gasteiger partial charge in [-0.25, -0.2) is 0 Å². The molecular weight excluding hydrogens is 219 g/mol. The van der Waals surface area contributed by atoms with Crippen LogP contribution >= 0.6 is 23.2 Å². The Hall–Kier alpha value is -0.440. The van der Waals surface area contributed by atoms with Crippen LogP contribution in [0.15, 0.2) is 18.2 Å². The van der Waals surface area contributed by atoms with Gasteiger partial charge in [0.1, 0.15) is 0 Å². The maximum absolute atomic E-state index is 6.01. The molecule has 0 aliphatic heterocycles. The highest BCUT2D eigenvalue weighted by Gasteiger charge is 2.25. The number of benzene rings is 1. The van der Waals surface area contributed by atoms with Crippen LogP contribution in [0.25, 0.3) is 0 Å². The first kappa shape index (κ1) is 10.1. The van der Waals surface area contributed by atoms with Crippen LogP contribution in [0.4, 0.5) is 5.69 Å². The van der Waals surface area contributed by atoms with Crippen LogP contribution in [-0.4, -0.2) is 12.1 Å². The van der Waals surface area contributed by atoms with Crippen LogP contribution in [-0.2, 0) is 0 Å². The lowest BCUT2D eigenvalue weighted by molar-refractivity contribution is 0.374. The lowest BCUT2D eigenvalue weighted by atomic mass is 9.87. The van der Waals surface area contributed by atoms with Crippen molar-refractivity contribution in [1.82, 2.24) is 0 Å². The molecule has 0 aromatic heterocycles. The molecular formula is C10H12Cl2N2. The van der Waals surface area contributed by atoms with E-state index in [1.54, 1.807) is 6.07 Å². The van der Waals surface area contributed by atoms with Crippen LogP contribution in [0.5, 0.6) is 0 Å². The van der Waals surface area contributed by atoms with Gasteiger partial charge in [0.05, 0.1) is 10.7 Å². The number of anilines is 1. The van der Waals surface area contributed by atoms with E-state index in [4.69, 9.17) is 28.9 Å². The molecule has 3 N–H and O–H groups in total. The molecule has 2 nitrogen and oxygen atoms in total. The van der Waals surface area contributed by atoms with E-state index in [0.717, 1.165) is 18.5 Å². The largest absolute Gasteiger partial charge is 0.381 e. The molecule has 14 heavy (non-hydrogen) atoms. The van der Waals surface area contributed by atoms with E-state index in [1.807, 2.05) is 12.1 Å². The topological polar surface area (TPSA) is 38.0 Å². The lowest BCUT2D eigenvalue weighted by Gasteiger charge is -2.34. The van der Waals surface area contributed by atoms with Gasteiger partial charge >= 0.3 is 0 Å². The fourth-order valence-electron chi connectivity index (χ4n) is 1.61. The Morgan fingerprint density at radius 2 is 2.00 bits per heavy atom. The second-order valence-electron chi connectivity index (χ2n) is 3.70. The van der Waals surface area contributed by atoms with Crippen LogP contribution in [0, 0.1) is 0 Å². The predicted octanol–water partition coefficient (Wildman–Crippen LogP) is 2.90. The third-order valence-electron chi connectivity index (χ3n) is 2.47. The number of hydrogen-bond donors (Lipinski definition) is 2. The van der Waals surface area contributed by atoms with E-state index in [2.05, 4.69) is 5.32 Å². The van der Waals surface area contributed by atoms with Crippen molar-refractivity contribution in [3.05, 3.63) is 28.2 Å². The highest BCUT2D eigenvalue weighted by Crippen LogP contribution is 2.29. The van der Waals surface area contributed by atoms with Crippen molar-refractivity contribution in [2.24, 2.45) is 5.73 Å². The molecule has 0 amide bonds. The van der Waals surface area contributed by atoms with Crippen LogP contribution in [0.3, 0.4) is 0 Å². The van der Waals surface area contributed by atoms with E-state index in [-0.39, 0.29) is 0 Å². The Morgan fingerprint density at radius 1 is 1.29 bits per heavy atom. The predicted molar refractivity (Wildman–Crippen MR) is 61.1 cm³/mol. The summed E-state index contributed by atoms with van der Waals surface area (Å²) < 4.78 is 0. The molecule has 0 bridgehead atoms. The lowest BCUT2D eigenvalue weighted by Crippen LogP contribution is -2.44. The summed E-state index contributed by atoms with van der Waals surface area (Å²) in [5.41, 5.74) is 6.63. The molecule has 1 aliphatic rings. The Labute approximate surface area is 93.4 Å². The van der Waals surface area contributed by atoms with E-state index in [1.165, 1.54) is 0 Å². The molecule has 1 saturated carbocycles. The summed E-state index contributed by atoms with van der Waals surface area (Å²) >= 11 is 11.8. The standard InChI is InChI=1S/C10H12Cl2N2/c11-6-1-2-10(9(12)3-6)14-8-4-7(13)5-8/h1-3,7-8,14H,4-5,13H2. The summed E-state index contributed by atoms with van der Waals surface area (Å²) in [5.74, 6) is 0. The summed E-state index contributed by atoms with van der Waals surface area (Å²) in [6.07, 6.45) is 2.03. The Kier molecular flexibility index (Phi) is 2.86. The van der Waals surface area contributed by atoms with Gasteiger partial charge in [0.2, 0.25) is 0 Å². The minimum Gasteiger partial charge on any atom is -0.381 e. The highest BCUT2D eigenvalue weighted by atomic mass is 35.5. The second-order valence-corrected chi connectivity index (χ2v) is 4.54. The smallest absolute Gasteiger partial charge is 0.0652 e. The Morgan fingerprint density at radius 3 is 2.57 bits per heavy atom. The van der Waals surface area contributed by atoms with Crippen LogP contribution in [0.2, 0.25) is 10.0 Å². The fraction of sp³-hybridized carbons (Fsp3) is 0.400. The first-order valence-electron chi connectivity index (χ1n) is 4.62. The maximum atomic E-state index is 6.01. The number of hydrogen-bond acceptors (Lipinski definition) is 2. The minimum atomic E-state index is 0.346. The van der Waals surface area contributed by atoms with Crippen molar-refractivity contribution in [1.29, 1.82) is 0 Å². The molecule has 0 unspecified atom stereocenters. The average Bonchev–Trinajstić information content (AvgIpc) is 2.06. The monoisotopic (exact) mass is 230 g/mol. The molecule has 1 aliphatic carbocycles. The molecule has 1 fully saturated rings. The van der Waals surface area contributed by atoms with Crippen molar-refractivity contribution in [3.63, 3.8) is 0 Å².